The van der Waals surface area contributed by atoms with Crippen molar-refractivity contribution in [2.45, 2.75) is 78.1 Å². The smallest absolute Gasteiger partial charge is 0.120 e. The number of aldehydes is 1. The molecule has 33 heavy (non-hydrogen) atoms. The summed E-state index contributed by atoms with van der Waals surface area (Å²) in [6.45, 7) is 4.68. The Morgan fingerprint density at radius 1 is 1.18 bits per heavy atom. The number of benzene rings is 1. The molecule has 0 bridgehead atoms. The van der Waals surface area contributed by atoms with Crippen molar-refractivity contribution in [3.8, 4) is 11.4 Å². The largest absolute Gasteiger partial charge is 0.378 e. The summed E-state index contributed by atoms with van der Waals surface area (Å²) in [7, 11) is 4.14. The minimum Gasteiger partial charge on any atom is -0.378 e. The lowest BCUT2D eigenvalue weighted by Crippen LogP contribution is -2.24. The molecule has 1 unspecified atom stereocenters. The van der Waals surface area contributed by atoms with E-state index in [1.54, 1.807) is 0 Å². The second-order valence-electron chi connectivity index (χ2n) is 10.6. The van der Waals surface area contributed by atoms with Crippen LogP contribution in [0.3, 0.4) is 0 Å². The number of H-pyrrole nitrogens is 2. The number of anilines is 1. The molecule has 1 atom stereocenters. The van der Waals surface area contributed by atoms with Crippen LogP contribution in [0.2, 0.25) is 0 Å². The summed E-state index contributed by atoms with van der Waals surface area (Å²) in [5.41, 5.74) is 7.75. The number of aromatic nitrogens is 3. The molecule has 0 spiro atoms. The van der Waals surface area contributed by atoms with Crippen LogP contribution < -0.4 is 4.90 Å². The van der Waals surface area contributed by atoms with Crippen LogP contribution in [0.15, 0.2) is 24.3 Å². The number of aromatic amines is 2. The Morgan fingerprint density at radius 2 is 1.97 bits per heavy atom. The molecule has 3 aromatic rings. The topological polar surface area (TPSA) is 64.8 Å². The summed E-state index contributed by atoms with van der Waals surface area (Å²) in [6, 6.07) is 8.76. The highest BCUT2D eigenvalue weighted by molar-refractivity contribution is 5.88. The minimum atomic E-state index is 0.415. The quantitative estimate of drug-likeness (QED) is 0.428. The maximum atomic E-state index is 10.1. The fourth-order valence-corrected chi connectivity index (χ4v) is 5.36. The first-order chi connectivity index (χ1) is 15.9. The van der Waals surface area contributed by atoms with Crippen molar-refractivity contribution in [3.05, 3.63) is 35.5 Å². The molecular formula is C28H40N4O. The predicted molar refractivity (Wildman–Crippen MR) is 138 cm³/mol. The molecule has 1 saturated carbocycles. The van der Waals surface area contributed by atoms with Gasteiger partial charge >= 0.3 is 0 Å². The van der Waals surface area contributed by atoms with Crippen LogP contribution in [0.25, 0.3) is 22.3 Å². The lowest BCUT2D eigenvalue weighted by atomic mass is 9.73. The van der Waals surface area contributed by atoms with E-state index in [9.17, 15) is 4.79 Å². The van der Waals surface area contributed by atoms with Crippen molar-refractivity contribution in [1.82, 2.24) is 15.2 Å². The minimum absolute atomic E-state index is 0.415. The SMILES string of the molecule is CCC1(C)CCc2c(-c3cc4ccc(N(C)C)cc4[nH]3)n[nH]c2C1.O=CCC1CCCCC1. The first-order valence-corrected chi connectivity index (χ1v) is 12.7. The highest BCUT2D eigenvalue weighted by atomic mass is 16.1. The summed E-state index contributed by atoms with van der Waals surface area (Å²) < 4.78 is 0. The van der Waals surface area contributed by atoms with E-state index >= 15 is 0 Å². The molecule has 2 aliphatic carbocycles. The van der Waals surface area contributed by atoms with Crippen LogP contribution in [0.5, 0.6) is 0 Å². The lowest BCUT2D eigenvalue weighted by Gasteiger charge is -2.32. The molecule has 0 saturated heterocycles. The molecule has 5 nitrogen and oxygen atoms in total. The van der Waals surface area contributed by atoms with Crippen LogP contribution in [0.1, 0.15) is 76.5 Å². The number of carbonyl (C=O) groups excluding carboxylic acids is 1. The van der Waals surface area contributed by atoms with Gasteiger partial charge in [0.1, 0.15) is 12.0 Å². The maximum absolute atomic E-state index is 10.1. The fraction of sp³-hybridized carbons (Fsp3) is 0.571. The molecule has 2 aliphatic rings. The van der Waals surface area contributed by atoms with Gasteiger partial charge in [0.2, 0.25) is 0 Å². The number of carbonyl (C=O) groups is 1. The van der Waals surface area contributed by atoms with Crippen LogP contribution in [0.4, 0.5) is 5.69 Å². The highest BCUT2D eigenvalue weighted by Crippen LogP contribution is 2.40. The van der Waals surface area contributed by atoms with Gasteiger partial charge in [0.05, 0.1) is 5.69 Å². The molecule has 1 aromatic carbocycles. The Balaban J connectivity index is 0.000000243. The highest BCUT2D eigenvalue weighted by Gasteiger charge is 2.31. The van der Waals surface area contributed by atoms with Gasteiger partial charge in [-0.3, -0.25) is 5.10 Å². The number of hydrogen-bond donors (Lipinski definition) is 2. The van der Waals surface area contributed by atoms with Crippen molar-refractivity contribution in [2.75, 3.05) is 19.0 Å². The van der Waals surface area contributed by atoms with Crippen LogP contribution in [-0.2, 0) is 17.6 Å². The molecule has 2 N–H and O–H groups in total. The predicted octanol–water partition coefficient (Wildman–Crippen LogP) is 6.68. The average Bonchev–Trinajstić information content (AvgIpc) is 3.43. The summed E-state index contributed by atoms with van der Waals surface area (Å²) in [4.78, 5) is 15.8. The second kappa shape index (κ2) is 10.1. The summed E-state index contributed by atoms with van der Waals surface area (Å²) in [5, 5.41) is 9.20. The van der Waals surface area contributed by atoms with E-state index < -0.39 is 0 Å². The van der Waals surface area contributed by atoms with E-state index in [2.05, 4.69) is 72.3 Å². The molecule has 5 heteroatoms. The van der Waals surface area contributed by atoms with Gasteiger partial charge in [0.25, 0.3) is 0 Å². The molecule has 178 valence electrons. The molecule has 0 amide bonds. The van der Waals surface area contributed by atoms with E-state index in [1.807, 2.05) is 0 Å². The Hall–Kier alpha value is -2.56. The van der Waals surface area contributed by atoms with Crippen LogP contribution in [0, 0.1) is 11.3 Å². The summed E-state index contributed by atoms with van der Waals surface area (Å²) in [5.74, 6) is 0.733. The van der Waals surface area contributed by atoms with E-state index in [4.69, 9.17) is 0 Å². The third kappa shape index (κ3) is 5.34. The standard InChI is InChI=1S/C20H26N4.C8H14O/c1-5-20(2)9-8-15-18(12-20)22-23-19(15)17-10-13-6-7-14(24(3)4)11-16(13)21-17;9-7-6-8-4-2-1-3-5-8/h6-7,10-11,21H,5,8-9,12H2,1-4H3,(H,22,23);7-8H,1-6H2. The van der Waals surface area contributed by atoms with Crippen molar-refractivity contribution >= 4 is 22.9 Å². The van der Waals surface area contributed by atoms with Gasteiger partial charge in [0, 0.05) is 48.4 Å². The number of nitrogens with one attached hydrogen (secondary N) is 2. The van der Waals surface area contributed by atoms with Gasteiger partial charge in [-0.25, -0.2) is 0 Å². The Labute approximate surface area is 198 Å². The van der Waals surface area contributed by atoms with Crippen molar-refractivity contribution in [1.29, 1.82) is 0 Å². The summed E-state index contributed by atoms with van der Waals surface area (Å²) >= 11 is 0. The molecule has 2 aromatic heterocycles. The van der Waals surface area contributed by atoms with Gasteiger partial charge in [-0.2, -0.15) is 5.10 Å². The van der Waals surface area contributed by atoms with Crippen molar-refractivity contribution < 1.29 is 4.79 Å². The molecule has 0 aliphatic heterocycles. The number of hydrogen-bond acceptors (Lipinski definition) is 3. The molecule has 2 heterocycles. The number of nitrogens with zero attached hydrogens (tertiary/aromatic N) is 2. The Kier molecular flexibility index (Phi) is 7.26. The lowest BCUT2D eigenvalue weighted by molar-refractivity contribution is -0.108. The zero-order valence-corrected chi connectivity index (χ0v) is 20.8. The maximum Gasteiger partial charge on any atom is 0.120 e. The zero-order chi connectivity index (χ0) is 23.4. The number of rotatable bonds is 5. The van der Waals surface area contributed by atoms with Gasteiger partial charge in [-0.05, 0) is 48.8 Å². The third-order valence-corrected chi connectivity index (χ3v) is 7.92. The molecule has 5 rings (SSSR count). The second-order valence-corrected chi connectivity index (χ2v) is 10.6. The average molecular weight is 449 g/mol. The van der Waals surface area contributed by atoms with Crippen LogP contribution in [-0.4, -0.2) is 35.6 Å². The van der Waals surface area contributed by atoms with E-state index in [-0.39, 0.29) is 0 Å². The molecule has 1 fully saturated rings. The van der Waals surface area contributed by atoms with E-state index in [0.717, 1.165) is 42.9 Å². The fourth-order valence-electron chi connectivity index (χ4n) is 5.36. The first-order valence-electron chi connectivity index (χ1n) is 12.7. The van der Waals surface area contributed by atoms with E-state index in [0.29, 0.717) is 5.41 Å². The van der Waals surface area contributed by atoms with Gasteiger partial charge in [-0.1, -0.05) is 58.4 Å². The normalized spacial score (nSPS) is 20.7. The Bertz CT molecular complexity index is 1070. The van der Waals surface area contributed by atoms with Gasteiger partial charge in [0.15, 0.2) is 0 Å². The first kappa shape index (κ1) is 23.6. The zero-order valence-electron chi connectivity index (χ0n) is 20.8. The number of fused-ring (bicyclic) bond motifs is 2. The van der Waals surface area contributed by atoms with E-state index in [1.165, 1.54) is 72.8 Å². The monoisotopic (exact) mass is 448 g/mol. The van der Waals surface area contributed by atoms with Gasteiger partial charge < -0.3 is 14.7 Å². The Morgan fingerprint density at radius 3 is 2.67 bits per heavy atom. The van der Waals surface area contributed by atoms with Gasteiger partial charge in [-0.15, -0.1) is 0 Å². The third-order valence-electron chi connectivity index (χ3n) is 7.92. The molecular weight excluding hydrogens is 408 g/mol. The molecule has 0 radical (unpaired) electrons. The summed E-state index contributed by atoms with van der Waals surface area (Å²) in [6.07, 6.45) is 13.2. The van der Waals surface area contributed by atoms with Crippen molar-refractivity contribution in [2.24, 2.45) is 11.3 Å². The van der Waals surface area contributed by atoms with Crippen LogP contribution >= 0.6 is 0 Å². The van der Waals surface area contributed by atoms with Crippen molar-refractivity contribution in [3.63, 3.8) is 0 Å².